The zero-order chi connectivity index (χ0) is 9.83. The van der Waals surface area contributed by atoms with E-state index in [1.807, 2.05) is 0 Å². The quantitative estimate of drug-likeness (QED) is 0.722. The van der Waals surface area contributed by atoms with E-state index in [9.17, 15) is 13.2 Å². The number of rotatable bonds is 4. The van der Waals surface area contributed by atoms with E-state index in [2.05, 4.69) is 4.74 Å². The van der Waals surface area contributed by atoms with E-state index in [0.29, 0.717) is 0 Å². The molecule has 0 saturated heterocycles. The number of ether oxygens (including phenoxy) is 1. The number of alkyl halides is 3. The van der Waals surface area contributed by atoms with Gasteiger partial charge in [-0.05, 0) is 0 Å². The Hall–Kier alpha value is -0.290. The summed E-state index contributed by atoms with van der Waals surface area (Å²) in [6, 6.07) is 0. The van der Waals surface area contributed by atoms with Crippen LogP contribution < -0.4 is 0 Å². The SMILES string of the molecule is CC(C)(CO)COCC(F)(F)F. The van der Waals surface area contributed by atoms with Crippen LogP contribution in [0.3, 0.4) is 0 Å². The second-order valence-corrected chi connectivity index (χ2v) is 3.43. The van der Waals surface area contributed by atoms with E-state index in [-0.39, 0.29) is 13.2 Å². The fraction of sp³-hybridized carbons (Fsp3) is 1.00. The van der Waals surface area contributed by atoms with Gasteiger partial charge in [0.1, 0.15) is 6.61 Å². The Bertz CT molecular complexity index is 131. The minimum absolute atomic E-state index is 0.0942. The lowest BCUT2D eigenvalue weighted by Crippen LogP contribution is -2.27. The Morgan fingerprint density at radius 1 is 1.17 bits per heavy atom. The van der Waals surface area contributed by atoms with Crippen molar-refractivity contribution in [3.05, 3.63) is 0 Å². The third kappa shape index (κ3) is 6.42. The molecule has 0 radical (unpaired) electrons. The van der Waals surface area contributed by atoms with Crippen LogP contribution in [-0.2, 0) is 4.74 Å². The standard InChI is InChI=1S/C7H13F3O2/c1-6(2,3-11)4-12-5-7(8,9)10/h11H,3-5H2,1-2H3. The van der Waals surface area contributed by atoms with Gasteiger partial charge in [-0.25, -0.2) is 0 Å². The van der Waals surface area contributed by atoms with Crippen LogP contribution in [0.1, 0.15) is 13.8 Å². The number of halogens is 3. The molecule has 0 bridgehead atoms. The molecule has 74 valence electrons. The summed E-state index contributed by atoms with van der Waals surface area (Å²) in [6.07, 6.45) is -4.29. The van der Waals surface area contributed by atoms with Crippen molar-refractivity contribution in [3.63, 3.8) is 0 Å². The summed E-state index contributed by atoms with van der Waals surface area (Å²) in [5, 5.41) is 8.66. The molecule has 0 fully saturated rings. The van der Waals surface area contributed by atoms with Gasteiger partial charge in [0.15, 0.2) is 0 Å². The molecule has 0 aliphatic rings. The third-order valence-electron chi connectivity index (χ3n) is 1.19. The highest BCUT2D eigenvalue weighted by Gasteiger charge is 2.28. The number of hydrogen-bond donors (Lipinski definition) is 1. The normalized spacial score (nSPS) is 13.5. The summed E-state index contributed by atoms with van der Waals surface area (Å²) in [6.45, 7) is 1.72. The lowest BCUT2D eigenvalue weighted by molar-refractivity contribution is -0.180. The van der Waals surface area contributed by atoms with Gasteiger partial charge in [-0.15, -0.1) is 0 Å². The molecule has 0 aliphatic heterocycles. The minimum atomic E-state index is -4.29. The molecule has 0 aromatic carbocycles. The number of aliphatic hydroxyl groups is 1. The van der Waals surface area contributed by atoms with Gasteiger partial charge in [-0.2, -0.15) is 13.2 Å². The lowest BCUT2D eigenvalue weighted by Gasteiger charge is -2.21. The molecule has 0 heterocycles. The molecule has 0 spiro atoms. The van der Waals surface area contributed by atoms with Crippen LogP contribution in [0.2, 0.25) is 0 Å². The molecule has 0 atom stereocenters. The van der Waals surface area contributed by atoms with Crippen molar-refractivity contribution in [1.29, 1.82) is 0 Å². The molecule has 0 aromatic rings. The van der Waals surface area contributed by atoms with Gasteiger partial charge in [0.2, 0.25) is 0 Å². The molecule has 0 rings (SSSR count). The summed E-state index contributed by atoms with van der Waals surface area (Å²) in [7, 11) is 0. The van der Waals surface area contributed by atoms with Gasteiger partial charge in [-0.1, -0.05) is 13.8 Å². The van der Waals surface area contributed by atoms with Gasteiger partial charge in [-0.3, -0.25) is 0 Å². The molecule has 0 amide bonds. The van der Waals surface area contributed by atoms with Crippen LogP contribution in [0.25, 0.3) is 0 Å². The van der Waals surface area contributed by atoms with Crippen LogP contribution in [0.5, 0.6) is 0 Å². The molecular weight excluding hydrogens is 173 g/mol. The van der Waals surface area contributed by atoms with E-state index in [4.69, 9.17) is 5.11 Å². The Morgan fingerprint density at radius 3 is 2.00 bits per heavy atom. The maximum Gasteiger partial charge on any atom is 0.411 e. The fourth-order valence-corrected chi connectivity index (χ4v) is 0.489. The monoisotopic (exact) mass is 186 g/mol. The predicted molar refractivity (Wildman–Crippen MR) is 37.7 cm³/mol. The van der Waals surface area contributed by atoms with Gasteiger partial charge in [0.05, 0.1) is 13.2 Å². The Labute approximate surface area is 69.3 Å². The summed E-state index contributed by atoms with van der Waals surface area (Å²) in [4.78, 5) is 0. The highest BCUT2D eigenvalue weighted by molar-refractivity contribution is 4.65. The maximum atomic E-state index is 11.5. The number of aliphatic hydroxyl groups excluding tert-OH is 1. The fourth-order valence-electron chi connectivity index (χ4n) is 0.489. The topological polar surface area (TPSA) is 29.5 Å². The van der Waals surface area contributed by atoms with Crippen LogP contribution in [0.15, 0.2) is 0 Å². The zero-order valence-corrected chi connectivity index (χ0v) is 7.11. The first-order chi connectivity index (χ1) is 5.27. The average Bonchev–Trinajstić information content (AvgIpc) is 1.84. The second-order valence-electron chi connectivity index (χ2n) is 3.43. The van der Waals surface area contributed by atoms with E-state index < -0.39 is 18.2 Å². The second kappa shape index (κ2) is 4.09. The van der Waals surface area contributed by atoms with Crippen molar-refractivity contribution in [2.75, 3.05) is 19.8 Å². The predicted octanol–water partition coefficient (Wildman–Crippen LogP) is 1.58. The van der Waals surface area contributed by atoms with Crippen molar-refractivity contribution in [1.82, 2.24) is 0 Å². The first kappa shape index (κ1) is 11.7. The summed E-state index contributed by atoms with van der Waals surface area (Å²) in [5.74, 6) is 0. The maximum absolute atomic E-state index is 11.5. The van der Waals surface area contributed by atoms with E-state index in [1.165, 1.54) is 0 Å². The molecular formula is C7H13F3O2. The first-order valence-corrected chi connectivity index (χ1v) is 3.52. The lowest BCUT2D eigenvalue weighted by atomic mass is 9.97. The van der Waals surface area contributed by atoms with Crippen molar-refractivity contribution in [2.45, 2.75) is 20.0 Å². The highest BCUT2D eigenvalue weighted by Crippen LogP contribution is 2.18. The Morgan fingerprint density at radius 2 is 1.67 bits per heavy atom. The van der Waals surface area contributed by atoms with E-state index in [0.717, 1.165) is 0 Å². The van der Waals surface area contributed by atoms with Crippen molar-refractivity contribution >= 4 is 0 Å². The van der Waals surface area contributed by atoms with E-state index >= 15 is 0 Å². The molecule has 0 aromatic heterocycles. The molecule has 12 heavy (non-hydrogen) atoms. The summed E-state index contributed by atoms with van der Waals surface area (Å²) in [5.41, 5.74) is -0.606. The minimum Gasteiger partial charge on any atom is -0.396 e. The van der Waals surface area contributed by atoms with E-state index in [1.54, 1.807) is 13.8 Å². The molecule has 5 heteroatoms. The summed E-state index contributed by atoms with van der Waals surface area (Å²) >= 11 is 0. The summed E-state index contributed by atoms with van der Waals surface area (Å²) < 4.78 is 39.0. The van der Waals surface area contributed by atoms with Crippen LogP contribution in [0, 0.1) is 5.41 Å². The third-order valence-corrected chi connectivity index (χ3v) is 1.19. The average molecular weight is 186 g/mol. The highest BCUT2D eigenvalue weighted by atomic mass is 19.4. The van der Waals surface area contributed by atoms with Crippen LogP contribution >= 0.6 is 0 Å². The van der Waals surface area contributed by atoms with Crippen LogP contribution in [-0.4, -0.2) is 31.1 Å². The smallest absolute Gasteiger partial charge is 0.396 e. The largest absolute Gasteiger partial charge is 0.411 e. The van der Waals surface area contributed by atoms with Gasteiger partial charge in [0, 0.05) is 5.41 Å². The van der Waals surface area contributed by atoms with Gasteiger partial charge >= 0.3 is 6.18 Å². The Kier molecular flexibility index (Phi) is 3.99. The molecule has 2 nitrogen and oxygen atoms in total. The Balaban J connectivity index is 3.57. The first-order valence-electron chi connectivity index (χ1n) is 3.52. The van der Waals surface area contributed by atoms with Crippen molar-refractivity contribution < 1.29 is 23.0 Å². The molecule has 0 aliphatic carbocycles. The van der Waals surface area contributed by atoms with Gasteiger partial charge in [0.25, 0.3) is 0 Å². The molecule has 1 N–H and O–H groups in total. The van der Waals surface area contributed by atoms with Gasteiger partial charge < -0.3 is 9.84 Å². The zero-order valence-electron chi connectivity index (χ0n) is 7.11. The number of hydrogen-bond acceptors (Lipinski definition) is 2. The van der Waals surface area contributed by atoms with Crippen LogP contribution in [0.4, 0.5) is 13.2 Å². The molecule has 0 saturated carbocycles. The van der Waals surface area contributed by atoms with Crippen molar-refractivity contribution in [3.8, 4) is 0 Å². The molecule has 0 unspecified atom stereocenters. The van der Waals surface area contributed by atoms with Crippen molar-refractivity contribution in [2.24, 2.45) is 5.41 Å².